The van der Waals surface area contributed by atoms with Crippen LogP contribution in [0.25, 0.3) is 0 Å². The zero-order valence-electron chi connectivity index (χ0n) is 12.7. The molecule has 0 amide bonds. The lowest BCUT2D eigenvalue weighted by atomic mass is 9.96. The number of hydrogen-bond acceptors (Lipinski definition) is 6. The van der Waals surface area contributed by atoms with Crippen LogP contribution < -0.4 is 10.0 Å². The molecular weight excluding hydrogens is 296 g/mol. The van der Waals surface area contributed by atoms with Crippen molar-refractivity contribution >= 4 is 10.0 Å². The van der Waals surface area contributed by atoms with Gasteiger partial charge in [0.1, 0.15) is 5.76 Å². The highest BCUT2D eigenvalue weighted by atomic mass is 32.2. The predicted octanol–water partition coefficient (Wildman–Crippen LogP) is 0.312. The molecule has 0 aromatic carbocycles. The van der Waals surface area contributed by atoms with Crippen LogP contribution in [0.5, 0.6) is 0 Å². The molecule has 3 N–H and O–H groups in total. The molecule has 0 atom stereocenters. The summed E-state index contributed by atoms with van der Waals surface area (Å²) in [6.07, 6.45) is 0. The number of ether oxygens (including phenoxy) is 1. The molecule has 0 aliphatic carbocycles. The zero-order chi connectivity index (χ0) is 15.9. The summed E-state index contributed by atoms with van der Waals surface area (Å²) in [7, 11) is -2.09. The van der Waals surface area contributed by atoms with Gasteiger partial charge in [-0.05, 0) is 12.1 Å². The van der Waals surface area contributed by atoms with E-state index in [9.17, 15) is 8.42 Å². The smallest absolute Gasteiger partial charge is 0.273 e. The van der Waals surface area contributed by atoms with Gasteiger partial charge in [0.2, 0.25) is 5.09 Å². The Morgan fingerprint density at radius 1 is 1.38 bits per heavy atom. The van der Waals surface area contributed by atoms with Gasteiger partial charge in [0.25, 0.3) is 10.0 Å². The second-order valence-electron chi connectivity index (χ2n) is 5.54. The Kier molecular flexibility index (Phi) is 6.82. The van der Waals surface area contributed by atoms with Gasteiger partial charge in [0, 0.05) is 32.2 Å². The molecule has 0 aliphatic heterocycles. The third-order valence-electron chi connectivity index (χ3n) is 2.85. The highest BCUT2D eigenvalue weighted by Crippen LogP contribution is 2.16. The Balaban J connectivity index is 2.58. The van der Waals surface area contributed by atoms with Crippen LogP contribution in [0.15, 0.2) is 21.6 Å². The molecule has 7 nitrogen and oxygen atoms in total. The molecule has 0 aliphatic rings. The molecular formula is C13H24N2O5S. The Bertz CT molecular complexity index is 524. The number of hydrogen-bond donors (Lipinski definition) is 3. The van der Waals surface area contributed by atoms with Crippen molar-refractivity contribution in [1.29, 1.82) is 0 Å². The summed E-state index contributed by atoms with van der Waals surface area (Å²) in [6.45, 7) is 5.22. The summed E-state index contributed by atoms with van der Waals surface area (Å²) in [4.78, 5) is 0. The normalized spacial score (nSPS) is 12.8. The van der Waals surface area contributed by atoms with Gasteiger partial charge in [0.05, 0.1) is 13.2 Å². The van der Waals surface area contributed by atoms with Crippen LogP contribution in [0.1, 0.15) is 19.6 Å². The Morgan fingerprint density at radius 2 is 2.10 bits per heavy atom. The summed E-state index contributed by atoms with van der Waals surface area (Å²) in [5.41, 5.74) is -0.524. The number of aliphatic hydroxyl groups excluding tert-OH is 1. The first kappa shape index (κ1) is 18.1. The maximum Gasteiger partial charge on any atom is 0.273 e. The standard InChI is InChI=1S/C13H24N2O5S/c1-13(2,10-16)9-15-21(17,18)12-5-4-11(20-12)8-14-6-7-19-3/h4-5,14-16H,6-10H2,1-3H3. The van der Waals surface area contributed by atoms with Crippen molar-refractivity contribution in [2.75, 3.05) is 33.4 Å². The summed E-state index contributed by atoms with van der Waals surface area (Å²) in [5.74, 6) is 0.535. The minimum atomic E-state index is -3.70. The average molecular weight is 320 g/mol. The summed E-state index contributed by atoms with van der Waals surface area (Å²) >= 11 is 0. The highest BCUT2D eigenvalue weighted by molar-refractivity contribution is 7.89. The van der Waals surface area contributed by atoms with Gasteiger partial charge in [-0.15, -0.1) is 0 Å². The molecule has 1 rings (SSSR count). The van der Waals surface area contributed by atoms with Crippen LogP contribution >= 0.6 is 0 Å². The highest BCUT2D eigenvalue weighted by Gasteiger charge is 2.23. The van der Waals surface area contributed by atoms with Crippen molar-refractivity contribution in [2.24, 2.45) is 5.41 Å². The average Bonchev–Trinajstić information content (AvgIpc) is 2.91. The molecule has 122 valence electrons. The maximum absolute atomic E-state index is 12.1. The van der Waals surface area contributed by atoms with Crippen molar-refractivity contribution in [1.82, 2.24) is 10.0 Å². The van der Waals surface area contributed by atoms with E-state index in [-0.39, 0.29) is 18.2 Å². The van der Waals surface area contributed by atoms with Crippen molar-refractivity contribution in [3.05, 3.63) is 17.9 Å². The van der Waals surface area contributed by atoms with E-state index < -0.39 is 15.4 Å². The van der Waals surface area contributed by atoms with E-state index in [4.69, 9.17) is 14.3 Å². The van der Waals surface area contributed by atoms with Gasteiger partial charge in [-0.1, -0.05) is 13.8 Å². The molecule has 1 aromatic heterocycles. The quantitative estimate of drug-likeness (QED) is 0.537. The van der Waals surface area contributed by atoms with Crippen LogP contribution in [0.4, 0.5) is 0 Å². The van der Waals surface area contributed by atoms with Crippen LogP contribution in [-0.4, -0.2) is 46.9 Å². The second kappa shape index (κ2) is 7.90. The van der Waals surface area contributed by atoms with Crippen molar-refractivity contribution in [3.8, 4) is 0 Å². The fourth-order valence-corrected chi connectivity index (χ4v) is 2.59. The summed E-state index contributed by atoms with van der Waals surface area (Å²) in [5, 5.41) is 12.1. The van der Waals surface area contributed by atoms with Gasteiger partial charge >= 0.3 is 0 Å². The largest absolute Gasteiger partial charge is 0.447 e. The minimum absolute atomic E-state index is 0.109. The number of rotatable bonds is 10. The molecule has 0 saturated carbocycles. The molecule has 21 heavy (non-hydrogen) atoms. The third-order valence-corrected chi connectivity index (χ3v) is 4.13. The Labute approximate surface area is 125 Å². The molecule has 1 aromatic rings. The lowest BCUT2D eigenvalue weighted by Crippen LogP contribution is -2.35. The molecule has 8 heteroatoms. The van der Waals surface area contributed by atoms with Gasteiger partial charge in [-0.2, -0.15) is 0 Å². The van der Waals surface area contributed by atoms with Gasteiger partial charge in [-0.25, -0.2) is 13.1 Å². The number of sulfonamides is 1. The van der Waals surface area contributed by atoms with E-state index in [1.54, 1.807) is 27.0 Å². The summed E-state index contributed by atoms with van der Waals surface area (Å²) < 4.78 is 36.8. The predicted molar refractivity (Wildman–Crippen MR) is 78.3 cm³/mol. The maximum atomic E-state index is 12.1. The number of aliphatic hydroxyl groups is 1. The third kappa shape index (κ3) is 6.15. The first-order valence-electron chi connectivity index (χ1n) is 6.69. The molecule has 0 radical (unpaired) electrons. The van der Waals surface area contributed by atoms with E-state index in [1.165, 1.54) is 6.07 Å². The Morgan fingerprint density at radius 3 is 2.71 bits per heavy atom. The van der Waals surface area contributed by atoms with E-state index in [0.29, 0.717) is 25.5 Å². The van der Waals surface area contributed by atoms with Crippen molar-refractivity contribution in [3.63, 3.8) is 0 Å². The van der Waals surface area contributed by atoms with Crippen LogP contribution in [0, 0.1) is 5.41 Å². The lowest BCUT2D eigenvalue weighted by molar-refractivity contribution is 0.163. The number of methoxy groups -OCH3 is 1. The second-order valence-corrected chi connectivity index (χ2v) is 7.24. The monoisotopic (exact) mass is 320 g/mol. The fraction of sp³-hybridized carbons (Fsp3) is 0.692. The minimum Gasteiger partial charge on any atom is -0.447 e. The lowest BCUT2D eigenvalue weighted by Gasteiger charge is -2.21. The van der Waals surface area contributed by atoms with Crippen LogP contribution in [-0.2, 0) is 21.3 Å². The number of furan rings is 1. The SMILES string of the molecule is COCCNCc1ccc(S(=O)(=O)NCC(C)(C)CO)o1. The fourth-order valence-electron chi connectivity index (χ4n) is 1.40. The molecule has 0 saturated heterocycles. The van der Waals surface area contributed by atoms with Gasteiger partial charge in [0.15, 0.2) is 0 Å². The molecule has 0 unspecified atom stereocenters. The Hall–Kier alpha value is -0.930. The van der Waals surface area contributed by atoms with Crippen LogP contribution in [0.3, 0.4) is 0 Å². The zero-order valence-corrected chi connectivity index (χ0v) is 13.5. The van der Waals surface area contributed by atoms with Crippen molar-refractivity contribution < 1.29 is 22.7 Å². The molecule has 0 bridgehead atoms. The summed E-state index contributed by atoms with van der Waals surface area (Å²) in [6, 6.07) is 3.03. The van der Waals surface area contributed by atoms with Crippen LogP contribution in [0.2, 0.25) is 0 Å². The number of nitrogens with one attached hydrogen (secondary N) is 2. The molecule has 1 heterocycles. The molecule has 0 spiro atoms. The van der Waals surface area contributed by atoms with Gasteiger partial charge in [-0.3, -0.25) is 0 Å². The van der Waals surface area contributed by atoms with Crippen molar-refractivity contribution in [2.45, 2.75) is 25.5 Å². The first-order chi connectivity index (χ1) is 9.80. The van der Waals surface area contributed by atoms with E-state index in [1.807, 2.05) is 0 Å². The topological polar surface area (TPSA) is 101 Å². The molecule has 0 fully saturated rings. The van der Waals surface area contributed by atoms with E-state index in [2.05, 4.69) is 10.0 Å². The van der Waals surface area contributed by atoms with E-state index in [0.717, 1.165) is 0 Å². The van der Waals surface area contributed by atoms with E-state index >= 15 is 0 Å². The van der Waals surface area contributed by atoms with Gasteiger partial charge < -0.3 is 19.6 Å². The first-order valence-corrected chi connectivity index (χ1v) is 8.18.